The molecule has 2 N–H and O–H groups in total. The number of imide groups is 1. The number of aromatic nitrogens is 1. The van der Waals surface area contributed by atoms with Gasteiger partial charge in [-0.15, -0.1) is 0 Å². The number of anilines is 1. The molecule has 3 saturated heterocycles. The second kappa shape index (κ2) is 8.28. The average Bonchev–Trinajstić information content (AvgIpc) is 3.18. The number of nitrogens with zero attached hydrogens (tertiary/aromatic N) is 3. The molecule has 7 heteroatoms. The third kappa shape index (κ3) is 4.21. The topological polar surface area (TPSA) is 69.6 Å². The number of fused-ring (bicyclic) bond motifs is 1. The molecule has 5 rings (SSSR count). The number of hydrogen-bond donors (Lipinski definition) is 2. The number of benzene rings is 1. The molecule has 3 aliphatic rings. The van der Waals surface area contributed by atoms with Crippen LogP contribution in [0.4, 0.5) is 10.5 Å². The number of piperidine rings is 2. The number of carbonyl (C=O) groups is 2. The Hall–Kier alpha value is -2.38. The summed E-state index contributed by atoms with van der Waals surface area (Å²) in [5, 5.41) is 7.04. The number of amides is 3. The first-order valence-corrected chi connectivity index (χ1v) is 11.7. The van der Waals surface area contributed by atoms with Crippen LogP contribution in [0.25, 0.3) is 10.9 Å². The summed E-state index contributed by atoms with van der Waals surface area (Å²) in [6, 6.07) is 8.53. The molecule has 3 fully saturated rings. The third-order valence-electron chi connectivity index (χ3n) is 7.44. The van der Waals surface area contributed by atoms with Gasteiger partial charge in [0.1, 0.15) is 0 Å². The summed E-state index contributed by atoms with van der Waals surface area (Å²) in [5.41, 5.74) is 2.53. The monoisotopic (exact) mass is 423 g/mol. The Labute approximate surface area is 183 Å². The smallest absolute Gasteiger partial charge is 0.328 e. The Bertz CT molecular complexity index is 970. The van der Waals surface area contributed by atoms with E-state index in [1.165, 1.54) is 37.7 Å². The largest absolute Gasteiger partial charge is 0.344 e. The highest BCUT2D eigenvalue weighted by Gasteiger charge is 2.31. The van der Waals surface area contributed by atoms with Crippen LogP contribution in [-0.2, 0) is 4.79 Å². The zero-order chi connectivity index (χ0) is 21.4. The van der Waals surface area contributed by atoms with Gasteiger partial charge in [-0.25, -0.2) is 4.79 Å². The van der Waals surface area contributed by atoms with Gasteiger partial charge in [-0.3, -0.25) is 15.0 Å². The quantitative estimate of drug-likeness (QED) is 0.793. The van der Waals surface area contributed by atoms with Gasteiger partial charge >= 0.3 is 6.03 Å². The first-order chi connectivity index (χ1) is 15.0. The van der Waals surface area contributed by atoms with Gasteiger partial charge in [0.15, 0.2) is 0 Å². The molecule has 166 valence electrons. The molecule has 3 aliphatic heterocycles. The molecule has 7 nitrogen and oxygen atoms in total. The van der Waals surface area contributed by atoms with Gasteiger partial charge < -0.3 is 14.8 Å². The summed E-state index contributed by atoms with van der Waals surface area (Å²) in [6.07, 6.45) is 7.45. The van der Waals surface area contributed by atoms with Crippen molar-refractivity contribution >= 4 is 28.5 Å². The van der Waals surface area contributed by atoms with E-state index in [1.807, 2.05) is 6.07 Å². The van der Waals surface area contributed by atoms with E-state index in [-0.39, 0.29) is 11.9 Å². The lowest BCUT2D eigenvalue weighted by Gasteiger charge is -2.41. The van der Waals surface area contributed by atoms with E-state index in [9.17, 15) is 9.59 Å². The van der Waals surface area contributed by atoms with Crippen molar-refractivity contribution in [1.82, 2.24) is 20.1 Å². The van der Waals surface area contributed by atoms with Crippen LogP contribution in [0.3, 0.4) is 0 Å². The Morgan fingerprint density at radius 1 is 1.06 bits per heavy atom. The standard InChI is InChI=1S/C24H33N5O2/c1-24(8-10-25-11-9-24)17-27-12-5-19(6-13-27)28-14-4-18-16-20(2-3-21(18)28)29-15-7-22(30)26-23(29)31/h2-4,14,16,19,25H,5-13,15,17H2,1H3,(H,26,30,31). The molecule has 1 aromatic carbocycles. The minimum Gasteiger partial charge on any atom is -0.344 e. The van der Waals surface area contributed by atoms with Crippen LogP contribution in [0, 0.1) is 5.41 Å². The van der Waals surface area contributed by atoms with E-state index in [2.05, 4.69) is 51.4 Å². The lowest BCUT2D eigenvalue weighted by atomic mass is 9.80. The molecular weight excluding hydrogens is 390 g/mol. The molecule has 31 heavy (non-hydrogen) atoms. The second-order valence-electron chi connectivity index (χ2n) is 9.79. The normalized spacial score (nSPS) is 23.3. The molecule has 1 aromatic heterocycles. The van der Waals surface area contributed by atoms with E-state index in [4.69, 9.17) is 0 Å². The number of carbonyl (C=O) groups excluding carboxylic acids is 2. The van der Waals surface area contributed by atoms with E-state index < -0.39 is 0 Å². The maximum Gasteiger partial charge on any atom is 0.328 e. The summed E-state index contributed by atoms with van der Waals surface area (Å²) in [4.78, 5) is 27.9. The highest BCUT2D eigenvalue weighted by atomic mass is 16.2. The highest BCUT2D eigenvalue weighted by Crippen LogP contribution is 2.33. The van der Waals surface area contributed by atoms with Crippen molar-refractivity contribution in [2.24, 2.45) is 5.41 Å². The summed E-state index contributed by atoms with van der Waals surface area (Å²) in [6.45, 7) is 8.73. The number of hydrogen-bond acceptors (Lipinski definition) is 4. The van der Waals surface area contributed by atoms with Crippen molar-refractivity contribution in [2.75, 3.05) is 44.2 Å². The zero-order valence-corrected chi connectivity index (χ0v) is 18.4. The number of likely N-dealkylation sites (tertiary alicyclic amines) is 1. The Morgan fingerprint density at radius 2 is 1.84 bits per heavy atom. The maximum absolute atomic E-state index is 12.2. The Morgan fingerprint density at radius 3 is 2.58 bits per heavy atom. The minimum absolute atomic E-state index is 0.200. The van der Waals surface area contributed by atoms with Gasteiger partial charge in [0.05, 0.1) is 0 Å². The van der Waals surface area contributed by atoms with Crippen LogP contribution < -0.4 is 15.5 Å². The van der Waals surface area contributed by atoms with Crippen molar-refractivity contribution in [3.8, 4) is 0 Å². The van der Waals surface area contributed by atoms with E-state index in [0.717, 1.165) is 37.3 Å². The lowest BCUT2D eigenvalue weighted by Crippen LogP contribution is -2.49. The first-order valence-electron chi connectivity index (χ1n) is 11.7. The van der Waals surface area contributed by atoms with Crippen LogP contribution in [0.1, 0.15) is 45.1 Å². The lowest BCUT2D eigenvalue weighted by molar-refractivity contribution is -0.120. The second-order valence-corrected chi connectivity index (χ2v) is 9.79. The summed E-state index contributed by atoms with van der Waals surface area (Å²) in [7, 11) is 0. The fourth-order valence-corrected chi connectivity index (χ4v) is 5.53. The average molecular weight is 424 g/mol. The summed E-state index contributed by atoms with van der Waals surface area (Å²) >= 11 is 0. The molecular formula is C24H33N5O2. The van der Waals surface area contributed by atoms with Crippen LogP contribution in [0.15, 0.2) is 30.5 Å². The van der Waals surface area contributed by atoms with Gasteiger partial charge in [-0.1, -0.05) is 6.92 Å². The van der Waals surface area contributed by atoms with Crippen molar-refractivity contribution < 1.29 is 9.59 Å². The molecule has 0 aliphatic carbocycles. The van der Waals surface area contributed by atoms with Gasteiger partial charge in [0.25, 0.3) is 0 Å². The van der Waals surface area contributed by atoms with E-state index in [0.29, 0.717) is 24.4 Å². The van der Waals surface area contributed by atoms with Crippen LogP contribution in [-0.4, -0.2) is 60.7 Å². The van der Waals surface area contributed by atoms with Crippen molar-refractivity contribution in [3.63, 3.8) is 0 Å². The molecule has 0 radical (unpaired) electrons. The third-order valence-corrected chi connectivity index (χ3v) is 7.44. The number of nitrogens with one attached hydrogen (secondary N) is 2. The molecule has 0 atom stereocenters. The SMILES string of the molecule is CC1(CN2CCC(n3ccc4cc(N5CCC(=O)NC5=O)ccc43)CC2)CCNCC1. The zero-order valence-electron chi connectivity index (χ0n) is 18.4. The van der Waals surface area contributed by atoms with Gasteiger partial charge in [-0.2, -0.15) is 0 Å². The Kier molecular flexibility index (Phi) is 5.48. The molecule has 0 saturated carbocycles. The van der Waals surface area contributed by atoms with Crippen LogP contribution >= 0.6 is 0 Å². The van der Waals surface area contributed by atoms with Crippen molar-refractivity contribution in [3.05, 3.63) is 30.5 Å². The summed E-state index contributed by atoms with van der Waals surface area (Å²) in [5.74, 6) is -0.200. The van der Waals surface area contributed by atoms with Crippen molar-refractivity contribution in [2.45, 2.75) is 45.1 Å². The molecule has 0 unspecified atom stereocenters. The van der Waals surface area contributed by atoms with Crippen LogP contribution in [0.2, 0.25) is 0 Å². The molecule has 3 amide bonds. The predicted octanol–water partition coefficient (Wildman–Crippen LogP) is 3.11. The van der Waals surface area contributed by atoms with E-state index >= 15 is 0 Å². The Balaban J connectivity index is 1.25. The fraction of sp³-hybridized carbons (Fsp3) is 0.583. The summed E-state index contributed by atoms with van der Waals surface area (Å²) < 4.78 is 2.42. The fourth-order valence-electron chi connectivity index (χ4n) is 5.53. The van der Waals surface area contributed by atoms with Gasteiger partial charge in [0.2, 0.25) is 5.91 Å². The van der Waals surface area contributed by atoms with Gasteiger partial charge in [0, 0.05) is 61.4 Å². The maximum atomic E-state index is 12.2. The molecule has 2 aromatic rings. The molecule has 4 heterocycles. The van der Waals surface area contributed by atoms with E-state index in [1.54, 1.807) is 4.90 Å². The van der Waals surface area contributed by atoms with Crippen molar-refractivity contribution in [1.29, 1.82) is 0 Å². The van der Waals surface area contributed by atoms with Crippen LogP contribution in [0.5, 0.6) is 0 Å². The minimum atomic E-state index is -0.329. The molecule has 0 bridgehead atoms. The predicted molar refractivity (Wildman–Crippen MR) is 122 cm³/mol. The van der Waals surface area contributed by atoms with Gasteiger partial charge in [-0.05, 0) is 68.5 Å². The highest BCUT2D eigenvalue weighted by molar-refractivity contribution is 6.06. The number of rotatable bonds is 4. The number of urea groups is 1. The molecule has 0 spiro atoms. The first kappa shape index (κ1) is 20.5.